The number of halogens is 1. The molecule has 0 radical (unpaired) electrons. The fraction of sp³-hybridized carbons (Fsp3) is 0.350. The summed E-state index contributed by atoms with van der Waals surface area (Å²) in [6.07, 6.45) is 2.61. The Hall–Kier alpha value is -1.65. The first kappa shape index (κ1) is 17.2. The van der Waals surface area contributed by atoms with Crippen molar-refractivity contribution in [3.05, 3.63) is 69.7 Å². The van der Waals surface area contributed by atoms with Crippen LogP contribution in [0.2, 0.25) is 0 Å². The molecule has 2 aromatic rings. The Morgan fingerprint density at radius 1 is 1.00 bits per heavy atom. The monoisotopic (exact) mass is 386 g/mol. The molecule has 4 heteroatoms. The Kier molecular flexibility index (Phi) is 5.69. The second-order valence-electron chi connectivity index (χ2n) is 6.47. The van der Waals surface area contributed by atoms with Crippen molar-refractivity contribution in [1.82, 2.24) is 9.80 Å². The highest BCUT2D eigenvalue weighted by Crippen LogP contribution is 2.16. The van der Waals surface area contributed by atoms with Gasteiger partial charge in [0, 0.05) is 30.2 Å². The van der Waals surface area contributed by atoms with Gasteiger partial charge in [0.1, 0.15) is 0 Å². The molecule has 0 spiro atoms. The van der Waals surface area contributed by atoms with Crippen molar-refractivity contribution in [2.75, 3.05) is 20.1 Å². The number of carbonyl (C=O) groups is 1. The van der Waals surface area contributed by atoms with Crippen molar-refractivity contribution in [2.24, 2.45) is 0 Å². The Labute approximate surface area is 152 Å². The molecule has 1 amide bonds. The molecule has 1 heterocycles. The van der Waals surface area contributed by atoms with Crippen molar-refractivity contribution in [3.63, 3.8) is 0 Å². The molecule has 0 bridgehead atoms. The molecule has 1 fully saturated rings. The van der Waals surface area contributed by atoms with Crippen LogP contribution < -0.4 is 0 Å². The van der Waals surface area contributed by atoms with Crippen LogP contribution in [0.4, 0.5) is 0 Å². The Bertz CT molecular complexity index is 676. The van der Waals surface area contributed by atoms with Crippen molar-refractivity contribution >= 4 is 21.8 Å². The first-order valence-corrected chi connectivity index (χ1v) is 9.22. The van der Waals surface area contributed by atoms with Gasteiger partial charge in [0.25, 0.3) is 5.91 Å². The summed E-state index contributed by atoms with van der Waals surface area (Å²) in [6.45, 7) is 3.98. The number of likely N-dealkylation sites (tertiary alicyclic amines) is 1. The van der Waals surface area contributed by atoms with Gasteiger partial charge in [-0.3, -0.25) is 9.69 Å². The predicted molar refractivity (Wildman–Crippen MR) is 101 cm³/mol. The van der Waals surface area contributed by atoms with Gasteiger partial charge in [-0.15, -0.1) is 0 Å². The van der Waals surface area contributed by atoms with Gasteiger partial charge in [-0.25, -0.2) is 0 Å². The zero-order chi connectivity index (χ0) is 16.9. The molecule has 0 aliphatic carbocycles. The van der Waals surface area contributed by atoms with Gasteiger partial charge in [0.15, 0.2) is 0 Å². The molecule has 0 unspecified atom stereocenters. The van der Waals surface area contributed by atoms with Crippen molar-refractivity contribution in [3.8, 4) is 0 Å². The summed E-state index contributed by atoms with van der Waals surface area (Å²) in [5.74, 6) is 0.0608. The number of benzene rings is 2. The predicted octanol–water partition coefficient (Wildman–Crippen LogP) is 4.32. The van der Waals surface area contributed by atoms with Gasteiger partial charge in [0.05, 0.1) is 0 Å². The third kappa shape index (κ3) is 4.46. The Balaban J connectivity index is 1.60. The first-order valence-electron chi connectivity index (χ1n) is 8.43. The highest BCUT2D eigenvalue weighted by atomic mass is 79.9. The number of nitrogens with zero attached hydrogens (tertiary/aromatic N) is 2. The number of amides is 1. The highest BCUT2D eigenvalue weighted by Gasteiger charge is 2.14. The SMILES string of the molecule is CN(Cc1ccc(Br)cc1)C(=O)c1ccc(CN2CCCC2)cc1. The van der Waals surface area contributed by atoms with Gasteiger partial charge in [-0.1, -0.05) is 40.2 Å². The molecule has 24 heavy (non-hydrogen) atoms. The first-order chi connectivity index (χ1) is 11.6. The van der Waals surface area contributed by atoms with Crippen molar-refractivity contribution < 1.29 is 4.79 Å². The van der Waals surface area contributed by atoms with E-state index >= 15 is 0 Å². The van der Waals surface area contributed by atoms with Crippen LogP contribution in [0.5, 0.6) is 0 Å². The second kappa shape index (κ2) is 7.95. The van der Waals surface area contributed by atoms with E-state index in [4.69, 9.17) is 0 Å². The van der Waals surface area contributed by atoms with Crippen LogP contribution in [-0.4, -0.2) is 35.8 Å². The van der Waals surface area contributed by atoms with E-state index in [1.54, 1.807) is 4.90 Å². The van der Waals surface area contributed by atoms with Crippen molar-refractivity contribution in [1.29, 1.82) is 0 Å². The van der Waals surface area contributed by atoms with Crippen LogP contribution in [0.15, 0.2) is 53.0 Å². The van der Waals surface area contributed by atoms with Gasteiger partial charge in [-0.05, 0) is 61.3 Å². The largest absolute Gasteiger partial charge is 0.337 e. The van der Waals surface area contributed by atoms with E-state index < -0.39 is 0 Å². The van der Waals surface area contributed by atoms with E-state index in [9.17, 15) is 4.79 Å². The third-order valence-electron chi connectivity index (χ3n) is 4.49. The van der Waals surface area contributed by atoms with Crippen LogP contribution >= 0.6 is 15.9 Å². The van der Waals surface area contributed by atoms with Gasteiger partial charge < -0.3 is 4.90 Å². The third-order valence-corrected chi connectivity index (χ3v) is 5.01. The molecule has 0 aromatic heterocycles. The van der Waals surface area contributed by atoms with E-state index in [1.807, 2.05) is 43.4 Å². The molecule has 1 aliphatic rings. The molecule has 2 aromatic carbocycles. The molecule has 0 N–H and O–H groups in total. The van der Waals surface area contributed by atoms with Crippen LogP contribution in [-0.2, 0) is 13.1 Å². The van der Waals surface area contributed by atoms with Gasteiger partial charge >= 0.3 is 0 Å². The van der Waals surface area contributed by atoms with Gasteiger partial charge in [0.2, 0.25) is 0 Å². The zero-order valence-corrected chi connectivity index (χ0v) is 15.6. The summed E-state index contributed by atoms with van der Waals surface area (Å²) < 4.78 is 1.05. The molecule has 126 valence electrons. The van der Waals surface area contributed by atoms with E-state index in [0.717, 1.165) is 22.1 Å². The normalized spacial score (nSPS) is 14.8. The Morgan fingerprint density at radius 2 is 1.58 bits per heavy atom. The lowest BCUT2D eigenvalue weighted by molar-refractivity contribution is 0.0785. The number of hydrogen-bond donors (Lipinski definition) is 0. The van der Waals surface area contributed by atoms with Crippen LogP contribution in [0.25, 0.3) is 0 Å². The maximum absolute atomic E-state index is 12.6. The Morgan fingerprint density at radius 3 is 2.21 bits per heavy atom. The maximum Gasteiger partial charge on any atom is 0.253 e. The van der Waals surface area contributed by atoms with Crippen LogP contribution in [0.3, 0.4) is 0 Å². The summed E-state index contributed by atoms with van der Waals surface area (Å²) >= 11 is 3.43. The minimum atomic E-state index is 0.0608. The standard InChI is InChI=1S/C20H23BrN2O/c1-22(14-16-6-10-19(21)11-7-16)20(24)18-8-4-17(5-9-18)15-23-12-2-3-13-23/h4-11H,2-3,12-15H2,1H3. The summed E-state index contributed by atoms with van der Waals surface area (Å²) in [7, 11) is 1.85. The number of carbonyl (C=O) groups excluding carboxylic acids is 1. The minimum absolute atomic E-state index is 0.0608. The molecule has 0 saturated carbocycles. The average molecular weight is 387 g/mol. The summed E-state index contributed by atoms with van der Waals surface area (Å²) in [4.78, 5) is 16.8. The van der Waals surface area contributed by atoms with E-state index in [2.05, 4.69) is 33.0 Å². The van der Waals surface area contributed by atoms with E-state index in [0.29, 0.717) is 6.54 Å². The fourth-order valence-electron chi connectivity index (χ4n) is 3.11. The molecule has 3 nitrogen and oxygen atoms in total. The molecule has 1 aliphatic heterocycles. The smallest absolute Gasteiger partial charge is 0.253 e. The lowest BCUT2D eigenvalue weighted by Crippen LogP contribution is -2.26. The molecule has 0 atom stereocenters. The maximum atomic E-state index is 12.6. The molecule has 1 saturated heterocycles. The molecular formula is C20H23BrN2O. The summed E-state index contributed by atoms with van der Waals surface area (Å²) in [5.41, 5.74) is 3.16. The topological polar surface area (TPSA) is 23.6 Å². The summed E-state index contributed by atoms with van der Waals surface area (Å²) in [5, 5.41) is 0. The fourth-order valence-corrected chi connectivity index (χ4v) is 3.37. The van der Waals surface area contributed by atoms with Crippen LogP contribution in [0.1, 0.15) is 34.3 Å². The molecule has 3 rings (SSSR count). The van der Waals surface area contributed by atoms with E-state index in [-0.39, 0.29) is 5.91 Å². The number of rotatable bonds is 5. The van der Waals surface area contributed by atoms with Crippen LogP contribution in [0, 0.1) is 0 Å². The minimum Gasteiger partial charge on any atom is -0.337 e. The molecular weight excluding hydrogens is 364 g/mol. The van der Waals surface area contributed by atoms with Gasteiger partial charge in [-0.2, -0.15) is 0 Å². The highest BCUT2D eigenvalue weighted by molar-refractivity contribution is 9.10. The number of hydrogen-bond acceptors (Lipinski definition) is 2. The second-order valence-corrected chi connectivity index (χ2v) is 7.38. The quantitative estimate of drug-likeness (QED) is 0.763. The van der Waals surface area contributed by atoms with Crippen molar-refractivity contribution in [2.45, 2.75) is 25.9 Å². The lowest BCUT2D eigenvalue weighted by Gasteiger charge is -2.18. The zero-order valence-electron chi connectivity index (χ0n) is 14.0. The van der Waals surface area contributed by atoms with E-state index in [1.165, 1.54) is 31.5 Å². The summed E-state index contributed by atoms with van der Waals surface area (Å²) in [6, 6.07) is 16.1. The lowest BCUT2D eigenvalue weighted by atomic mass is 10.1. The average Bonchev–Trinajstić information content (AvgIpc) is 3.10.